The number of hydrogen-bond donors (Lipinski definition) is 2. The van der Waals surface area contributed by atoms with Gasteiger partial charge in [0.15, 0.2) is 0 Å². The summed E-state index contributed by atoms with van der Waals surface area (Å²) in [6.07, 6.45) is 1.74. The maximum atomic E-state index is 11.7. The van der Waals surface area contributed by atoms with Crippen LogP contribution in [0.3, 0.4) is 0 Å². The Kier molecular flexibility index (Phi) is 5.65. The van der Waals surface area contributed by atoms with Gasteiger partial charge in [-0.25, -0.2) is 0 Å². The van der Waals surface area contributed by atoms with Crippen LogP contribution in [-0.4, -0.2) is 18.1 Å². The minimum Gasteiger partial charge on any atom is -0.491 e. The Balaban J connectivity index is 2.55. The summed E-state index contributed by atoms with van der Waals surface area (Å²) in [6.45, 7) is 5.95. The SMILES string of the molecule is CCCC(N)C(=O)Nc1ccc(OC(C)C)cc1. The quantitative estimate of drug-likeness (QED) is 0.815. The van der Waals surface area contributed by atoms with Crippen molar-refractivity contribution in [3.05, 3.63) is 24.3 Å². The lowest BCUT2D eigenvalue weighted by atomic mass is 10.1. The Bertz CT molecular complexity index is 374. The number of amides is 1. The van der Waals surface area contributed by atoms with Gasteiger partial charge in [-0.15, -0.1) is 0 Å². The Morgan fingerprint density at radius 2 is 1.94 bits per heavy atom. The fourth-order valence-corrected chi connectivity index (χ4v) is 1.57. The van der Waals surface area contributed by atoms with Crippen LogP contribution in [0.15, 0.2) is 24.3 Å². The second kappa shape index (κ2) is 7.01. The third kappa shape index (κ3) is 4.75. The zero-order chi connectivity index (χ0) is 13.5. The van der Waals surface area contributed by atoms with E-state index in [0.717, 1.165) is 17.9 Å². The highest BCUT2D eigenvalue weighted by atomic mass is 16.5. The first-order valence-corrected chi connectivity index (χ1v) is 6.36. The average Bonchev–Trinajstić information content (AvgIpc) is 2.31. The molecule has 0 saturated carbocycles. The van der Waals surface area contributed by atoms with Gasteiger partial charge < -0.3 is 15.8 Å². The fourth-order valence-electron chi connectivity index (χ4n) is 1.57. The van der Waals surface area contributed by atoms with Crippen molar-refractivity contribution in [1.29, 1.82) is 0 Å². The van der Waals surface area contributed by atoms with E-state index in [1.54, 1.807) is 0 Å². The van der Waals surface area contributed by atoms with Crippen molar-refractivity contribution in [2.75, 3.05) is 5.32 Å². The van der Waals surface area contributed by atoms with E-state index in [9.17, 15) is 4.79 Å². The van der Waals surface area contributed by atoms with Crippen LogP contribution < -0.4 is 15.8 Å². The number of benzene rings is 1. The van der Waals surface area contributed by atoms with Gasteiger partial charge in [0.1, 0.15) is 5.75 Å². The van der Waals surface area contributed by atoms with Crippen molar-refractivity contribution in [3.8, 4) is 5.75 Å². The lowest BCUT2D eigenvalue weighted by Crippen LogP contribution is -2.35. The van der Waals surface area contributed by atoms with Gasteiger partial charge in [-0.05, 0) is 44.5 Å². The molecule has 100 valence electrons. The molecule has 0 aliphatic carbocycles. The summed E-state index contributed by atoms with van der Waals surface area (Å²) in [5, 5.41) is 2.79. The van der Waals surface area contributed by atoms with E-state index in [1.807, 2.05) is 45.0 Å². The molecule has 0 radical (unpaired) electrons. The van der Waals surface area contributed by atoms with Crippen molar-refractivity contribution in [2.24, 2.45) is 5.73 Å². The maximum absolute atomic E-state index is 11.7. The van der Waals surface area contributed by atoms with Crippen LogP contribution in [0.2, 0.25) is 0 Å². The Hall–Kier alpha value is -1.55. The molecule has 1 amide bonds. The number of ether oxygens (including phenoxy) is 1. The molecule has 0 aromatic heterocycles. The van der Waals surface area contributed by atoms with E-state index in [0.29, 0.717) is 6.42 Å². The van der Waals surface area contributed by atoms with Crippen molar-refractivity contribution in [3.63, 3.8) is 0 Å². The molecule has 4 heteroatoms. The predicted molar refractivity (Wildman–Crippen MR) is 73.7 cm³/mol. The van der Waals surface area contributed by atoms with Crippen LogP contribution in [-0.2, 0) is 4.79 Å². The van der Waals surface area contributed by atoms with Crippen LogP contribution in [0, 0.1) is 0 Å². The molecule has 0 aliphatic heterocycles. The Morgan fingerprint density at radius 1 is 1.33 bits per heavy atom. The lowest BCUT2D eigenvalue weighted by molar-refractivity contribution is -0.117. The van der Waals surface area contributed by atoms with Gasteiger partial charge in [-0.3, -0.25) is 4.79 Å². The van der Waals surface area contributed by atoms with Gasteiger partial charge >= 0.3 is 0 Å². The zero-order valence-corrected chi connectivity index (χ0v) is 11.3. The summed E-state index contributed by atoms with van der Waals surface area (Å²) in [5.74, 6) is 0.648. The smallest absolute Gasteiger partial charge is 0.241 e. The minimum atomic E-state index is -0.443. The molecule has 0 fully saturated rings. The molecule has 0 bridgehead atoms. The first-order chi connectivity index (χ1) is 8.52. The van der Waals surface area contributed by atoms with Crippen LogP contribution in [0.1, 0.15) is 33.6 Å². The van der Waals surface area contributed by atoms with Crippen LogP contribution in [0.5, 0.6) is 5.75 Å². The van der Waals surface area contributed by atoms with Crippen molar-refractivity contribution < 1.29 is 9.53 Å². The lowest BCUT2D eigenvalue weighted by Gasteiger charge is -2.13. The molecule has 18 heavy (non-hydrogen) atoms. The minimum absolute atomic E-state index is 0.142. The highest BCUT2D eigenvalue weighted by molar-refractivity contribution is 5.94. The number of carbonyl (C=O) groups excluding carboxylic acids is 1. The van der Waals surface area contributed by atoms with E-state index in [4.69, 9.17) is 10.5 Å². The number of nitrogens with two attached hydrogens (primary N) is 1. The highest BCUT2D eigenvalue weighted by Crippen LogP contribution is 2.17. The average molecular weight is 250 g/mol. The summed E-state index contributed by atoms with van der Waals surface area (Å²) in [6, 6.07) is 6.85. The highest BCUT2D eigenvalue weighted by Gasteiger charge is 2.12. The van der Waals surface area contributed by atoms with Crippen LogP contribution in [0.4, 0.5) is 5.69 Å². The van der Waals surface area contributed by atoms with E-state index >= 15 is 0 Å². The number of anilines is 1. The van der Waals surface area contributed by atoms with E-state index in [2.05, 4.69) is 5.32 Å². The van der Waals surface area contributed by atoms with Gasteiger partial charge in [0.2, 0.25) is 5.91 Å². The van der Waals surface area contributed by atoms with Gasteiger partial charge in [0.05, 0.1) is 12.1 Å². The summed E-state index contributed by atoms with van der Waals surface area (Å²) in [7, 11) is 0. The van der Waals surface area contributed by atoms with Crippen molar-refractivity contribution in [1.82, 2.24) is 0 Å². The summed E-state index contributed by atoms with van der Waals surface area (Å²) < 4.78 is 5.52. The van der Waals surface area contributed by atoms with Crippen LogP contribution >= 0.6 is 0 Å². The second-order valence-electron chi connectivity index (χ2n) is 4.58. The normalized spacial score (nSPS) is 12.3. The Labute approximate surface area is 109 Å². The van der Waals surface area contributed by atoms with Gasteiger partial charge in [0, 0.05) is 5.69 Å². The molecule has 1 rings (SSSR count). The molecule has 4 nitrogen and oxygen atoms in total. The monoisotopic (exact) mass is 250 g/mol. The fraction of sp³-hybridized carbons (Fsp3) is 0.500. The molecule has 1 unspecified atom stereocenters. The molecular weight excluding hydrogens is 228 g/mol. The molecule has 3 N–H and O–H groups in total. The van der Waals surface area contributed by atoms with Gasteiger partial charge in [-0.1, -0.05) is 13.3 Å². The third-order valence-corrected chi connectivity index (χ3v) is 2.43. The summed E-state index contributed by atoms with van der Waals surface area (Å²) in [4.78, 5) is 11.7. The van der Waals surface area contributed by atoms with Crippen LogP contribution in [0.25, 0.3) is 0 Å². The number of carbonyl (C=O) groups is 1. The molecule has 0 aliphatic rings. The zero-order valence-electron chi connectivity index (χ0n) is 11.3. The number of rotatable bonds is 6. The third-order valence-electron chi connectivity index (χ3n) is 2.43. The van der Waals surface area contributed by atoms with Gasteiger partial charge in [0.25, 0.3) is 0 Å². The van der Waals surface area contributed by atoms with E-state index in [-0.39, 0.29) is 12.0 Å². The Morgan fingerprint density at radius 3 is 2.44 bits per heavy atom. The first-order valence-electron chi connectivity index (χ1n) is 6.36. The molecule has 0 heterocycles. The number of hydrogen-bond acceptors (Lipinski definition) is 3. The standard InChI is InChI=1S/C14H22N2O2/c1-4-5-13(15)14(17)16-11-6-8-12(9-7-11)18-10(2)3/h6-10,13H,4-5,15H2,1-3H3,(H,16,17). The van der Waals surface area contributed by atoms with E-state index in [1.165, 1.54) is 0 Å². The topological polar surface area (TPSA) is 64.4 Å². The molecule has 1 aromatic carbocycles. The van der Waals surface area contributed by atoms with Crippen molar-refractivity contribution in [2.45, 2.75) is 45.8 Å². The molecule has 1 atom stereocenters. The van der Waals surface area contributed by atoms with Crippen molar-refractivity contribution >= 4 is 11.6 Å². The number of nitrogens with one attached hydrogen (secondary N) is 1. The summed E-state index contributed by atoms with van der Waals surface area (Å²) in [5.41, 5.74) is 6.47. The predicted octanol–water partition coefficient (Wildman–Crippen LogP) is 2.54. The maximum Gasteiger partial charge on any atom is 0.241 e. The van der Waals surface area contributed by atoms with Gasteiger partial charge in [-0.2, -0.15) is 0 Å². The van der Waals surface area contributed by atoms with E-state index < -0.39 is 6.04 Å². The molecule has 0 saturated heterocycles. The summed E-state index contributed by atoms with van der Waals surface area (Å²) >= 11 is 0. The molecule has 1 aromatic rings. The largest absolute Gasteiger partial charge is 0.491 e. The molecular formula is C14H22N2O2. The molecule has 0 spiro atoms. The first kappa shape index (κ1) is 14.5. The second-order valence-corrected chi connectivity index (χ2v) is 4.58.